The lowest BCUT2D eigenvalue weighted by Gasteiger charge is -2.23. The molecule has 1 aliphatic heterocycles. The maximum Gasteiger partial charge on any atom is 0.280 e. The smallest absolute Gasteiger partial charge is 0.280 e. The van der Waals surface area contributed by atoms with Crippen molar-refractivity contribution in [3.63, 3.8) is 0 Å². The molecule has 0 aliphatic carbocycles. The first-order chi connectivity index (χ1) is 15.8. The molecular weight excluding hydrogens is 489 g/mol. The molecular formula is C20H22FN5O6S2. The van der Waals surface area contributed by atoms with Gasteiger partial charge in [0.2, 0.25) is 15.5 Å². The molecule has 0 amide bonds. The predicted octanol–water partition coefficient (Wildman–Crippen LogP) is 0.207. The zero-order valence-electron chi connectivity index (χ0n) is 18.4. The summed E-state index contributed by atoms with van der Waals surface area (Å²) in [5, 5.41) is 2.25. The van der Waals surface area contributed by atoms with Crippen LogP contribution in [0.15, 0.2) is 44.9 Å². The van der Waals surface area contributed by atoms with Crippen molar-refractivity contribution < 1.29 is 21.2 Å². The molecule has 0 bridgehead atoms. The third-order valence-electron chi connectivity index (χ3n) is 5.17. The lowest BCUT2D eigenvalue weighted by atomic mass is 10.1. The molecule has 34 heavy (non-hydrogen) atoms. The fourth-order valence-corrected chi connectivity index (χ4v) is 5.42. The number of hydrogen-bond donors (Lipinski definition) is 3. The van der Waals surface area contributed by atoms with Gasteiger partial charge in [0.1, 0.15) is 27.3 Å². The summed E-state index contributed by atoms with van der Waals surface area (Å²) in [5.74, 6) is -0.877. The summed E-state index contributed by atoms with van der Waals surface area (Å²) in [4.78, 5) is 26.1. The molecule has 2 aromatic heterocycles. The number of nitrogens with one attached hydrogen (secondary N) is 3. The minimum Gasteiger partial charge on any atom is -0.339 e. The lowest BCUT2D eigenvalue weighted by Crippen LogP contribution is -2.52. The highest BCUT2D eigenvalue weighted by Gasteiger charge is 2.28. The Morgan fingerprint density at radius 3 is 2.53 bits per heavy atom. The first kappa shape index (κ1) is 23.8. The summed E-state index contributed by atoms with van der Waals surface area (Å²) < 4.78 is 69.5. The third-order valence-corrected chi connectivity index (χ3v) is 7.17. The Kier molecular flexibility index (Phi) is 5.68. The number of aromatic nitrogens is 2. The molecule has 0 atom stereocenters. The van der Waals surface area contributed by atoms with Gasteiger partial charge >= 0.3 is 0 Å². The number of nitrogens with zero attached hydrogens (tertiary/aromatic N) is 2. The van der Waals surface area contributed by atoms with E-state index in [0.717, 1.165) is 29.1 Å². The molecule has 0 spiro atoms. The molecule has 3 heterocycles. The van der Waals surface area contributed by atoms with Gasteiger partial charge in [0.25, 0.3) is 15.6 Å². The van der Waals surface area contributed by atoms with Crippen LogP contribution in [0.3, 0.4) is 0 Å². The highest BCUT2D eigenvalue weighted by atomic mass is 32.2. The zero-order chi connectivity index (χ0) is 25.0. The number of hydrogen-bond acceptors (Lipinski definition) is 7. The fourth-order valence-electron chi connectivity index (χ4n) is 3.64. The van der Waals surface area contributed by atoms with Gasteiger partial charge in [-0.2, -0.15) is 0 Å². The van der Waals surface area contributed by atoms with E-state index in [-0.39, 0.29) is 40.1 Å². The van der Waals surface area contributed by atoms with E-state index in [0.29, 0.717) is 6.42 Å². The van der Waals surface area contributed by atoms with E-state index in [9.17, 15) is 30.8 Å². The van der Waals surface area contributed by atoms with Gasteiger partial charge in [-0.15, -0.1) is 0 Å². The van der Waals surface area contributed by atoms with Gasteiger partial charge < -0.3 is 5.32 Å². The molecule has 1 aromatic carbocycles. The fraction of sp³-hybridized carbons (Fsp3) is 0.300. The van der Waals surface area contributed by atoms with Crippen LogP contribution in [0.25, 0.3) is 11.3 Å². The molecule has 0 unspecified atom stereocenters. The van der Waals surface area contributed by atoms with Crippen LogP contribution in [0.4, 0.5) is 15.8 Å². The number of fused-ring (bicyclic) bond motifs is 2. The van der Waals surface area contributed by atoms with Crippen molar-refractivity contribution in [2.45, 2.75) is 31.7 Å². The normalized spacial score (nSPS) is 16.7. The highest BCUT2D eigenvalue weighted by Crippen LogP contribution is 2.30. The molecule has 0 radical (unpaired) electrons. The van der Waals surface area contributed by atoms with Gasteiger partial charge in [-0.25, -0.2) is 25.9 Å². The van der Waals surface area contributed by atoms with Crippen LogP contribution in [0, 0.1) is 11.7 Å². The SMILES string of the molecule is CC(C)CCn1c(=O)c(=C2Nc3ccc(NS(C)(=O)=O)cc3S(=O)(=O)N2)c(=O)c2cc(F)cn21. The van der Waals surface area contributed by atoms with Crippen LogP contribution in [0.2, 0.25) is 0 Å². The maximum atomic E-state index is 14.0. The van der Waals surface area contributed by atoms with E-state index in [2.05, 4.69) is 14.8 Å². The molecule has 1 aliphatic rings. The second-order valence-corrected chi connectivity index (χ2v) is 11.8. The van der Waals surface area contributed by atoms with E-state index < -0.39 is 42.1 Å². The summed E-state index contributed by atoms with van der Waals surface area (Å²) in [6, 6.07) is 4.72. The molecule has 0 fully saturated rings. The Bertz CT molecular complexity index is 1710. The van der Waals surface area contributed by atoms with Gasteiger partial charge in [-0.05, 0) is 30.5 Å². The molecule has 14 heteroatoms. The molecule has 3 N–H and O–H groups in total. The summed E-state index contributed by atoms with van der Waals surface area (Å²) in [7, 11) is -7.94. The first-order valence-corrected chi connectivity index (χ1v) is 13.5. The lowest BCUT2D eigenvalue weighted by molar-refractivity contribution is 0.453. The van der Waals surface area contributed by atoms with Gasteiger partial charge in [0.05, 0.1) is 18.1 Å². The van der Waals surface area contributed by atoms with Crippen molar-refractivity contribution in [3.05, 3.63) is 62.1 Å². The minimum absolute atomic E-state index is 0.0162. The van der Waals surface area contributed by atoms with Crippen molar-refractivity contribution in [1.82, 2.24) is 13.9 Å². The number of sulfonamides is 2. The Labute approximate surface area is 194 Å². The molecule has 0 saturated carbocycles. The molecule has 11 nitrogen and oxygen atoms in total. The largest absolute Gasteiger partial charge is 0.339 e. The Hall–Kier alpha value is -3.39. The van der Waals surface area contributed by atoms with Crippen molar-refractivity contribution in [2.24, 2.45) is 5.92 Å². The van der Waals surface area contributed by atoms with Crippen LogP contribution in [0.5, 0.6) is 0 Å². The summed E-state index contributed by atoms with van der Waals surface area (Å²) in [6.07, 6.45) is 2.50. The first-order valence-electron chi connectivity index (χ1n) is 10.2. The van der Waals surface area contributed by atoms with E-state index in [1.54, 1.807) is 0 Å². The summed E-state index contributed by atoms with van der Waals surface area (Å²) in [5.41, 5.74) is -1.72. The minimum atomic E-state index is -4.29. The van der Waals surface area contributed by atoms with Gasteiger partial charge in [0.15, 0.2) is 0 Å². The van der Waals surface area contributed by atoms with Crippen molar-refractivity contribution in [1.29, 1.82) is 0 Å². The summed E-state index contributed by atoms with van der Waals surface area (Å²) in [6.45, 7) is 4.05. The zero-order valence-corrected chi connectivity index (χ0v) is 20.0. The summed E-state index contributed by atoms with van der Waals surface area (Å²) >= 11 is 0. The van der Waals surface area contributed by atoms with Crippen molar-refractivity contribution in [3.8, 4) is 0 Å². The Morgan fingerprint density at radius 1 is 1.18 bits per heavy atom. The highest BCUT2D eigenvalue weighted by molar-refractivity contribution is 7.92. The standard InChI is InChI=1S/C20H22FN5O6S2/c1-11(2)6-7-25-20(28)17(18(27)15-8-12(21)10-26(15)25)19-22-14-5-4-13(23-33(3,29)30)9-16(14)34(31,32)24-19/h4-5,8-11,22-24H,6-7H2,1-3H3. The van der Waals surface area contributed by atoms with Crippen molar-refractivity contribution in [2.75, 3.05) is 16.3 Å². The topological polar surface area (TPSA) is 148 Å². The average molecular weight is 512 g/mol. The van der Waals surface area contributed by atoms with E-state index in [1.165, 1.54) is 16.8 Å². The van der Waals surface area contributed by atoms with E-state index in [1.807, 2.05) is 13.8 Å². The van der Waals surface area contributed by atoms with E-state index in [4.69, 9.17) is 0 Å². The second kappa shape index (κ2) is 8.13. The second-order valence-electron chi connectivity index (χ2n) is 8.39. The molecule has 182 valence electrons. The average Bonchev–Trinajstić information content (AvgIpc) is 3.08. The predicted molar refractivity (Wildman–Crippen MR) is 125 cm³/mol. The number of aryl methyl sites for hydroxylation is 1. The van der Waals surface area contributed by atoms with Crippen LogP contribution in [0.1, 0.15) is 20.3 Å². The number of anilines is 2. The van der Waals surface area contributed by atoms with Gasteiger partial charge in [0, 0.05) is 18.3 Å². The number of benzene rings is 1. The monoisotopic (exact) mass is 511 g/mol. The van der Waals surface area contributed by atoms with E-state index >= 15 is 0 Å². The molecule has 4 rings (SSSR count). The Balaban J connectivity index is 1.96. The quantitative estimate of drug-likeness (QED) is 0.443. The maximum absolute atomic E-state index is 14.0. The number of rotatable bonds is 5. The Morgan fingerprint density at radius 2 is 1.88 bits per heavy atom. The van der Waals surface area contributed by atoms with Crippen LogP contribution in [-0.4, -0.2) is 32.3 Å². The van der Waals surface area contributed by atoms with Gasteiger partial charge in [-0.3, -0.25) is 23.5 Å². The van der Waals surface area contributed by atoms with Gasteiger partial charge in [-0.1, -0.05) is 13.8 Å². The number of halogens is 1. The van der Waals surface area contributed by atoms with Crippen molar-refractivity contribution >= 4 is 42.8 Å². The van der Waals surface area contributed by atoms with Crippen LogP contribution in [-0.2, 0) is 26.6 Å². The third kappa shape index (κ3) is 4.37. The molecule has 3 aromatic rings. The van der Waals surface area contributed by atoms with Crippen LogP contribution >= 0.6 is 0 Å². The van der Waals surface area contributed by atoms with Crippen LogP contribution < -0.4 is 31.0 Å². The molecule has 0 saturated heterocycles.